The van der Waals surface area contributed by atoms with Crippen molar-refractivity contribution in [2.45, 2.75) is 33.1 Å². The van der Waals surface area contributed by atoms with Crippen molar-refractivity contribution in [1.29, 1.82) is 0 Å². The van der Waals surface area contributed by atoms with E-state index in [0.29, 0.717) is 0 Å². The van der Waals surface area contributed by atoms with E-state index in [1.807, 2.05) is 0 Å². The third-order valence-corrected chi connectivity index (χ3v) is 4.31. The summed E-state index contributed by atoms with van der Waals surface area (Å²) < 4.78 is 10.3. The lowest BCUT2D eigenvalue weighted by atomic mass is 10.1. The summed E-state index contributed by atoms with van der Waals surface area (Å²) in [7, 11) is 0. The highest BCUT2D eigenvalue weighted by molar-refractivity contribution is 6.68. The second kappa shape index (κ2) is 10.2. The van der Waals surface area contributed by atoms with Gasteiger partial charge in [0.15, 0.2) is 0 Å². The van der Waals surface area contributed by atoms with Crippen LogP contribution in [0.2, 0.25) is 0 Å². The Labute approximate surface area is 177 Å². The SMILES string of the molecule is Cc1ccc(OC(=O)CCCC(=O)Oc2ccc(C)cc2C(=O)Cl)c(C(=O)Cl)c1. The number of carbonyl (C=O) groups is 4. The highest BCUT2D eigenvalue weighted by Crippen LogP contribution is 2.24. The third-order valence-electron chi connectivity index (χ3n) is 3.90. The van der Waals surface area contributed by atoms with Crippen LogP contribution in [0.1, 0.15) is 51.1 Å². The highest BCUT2D eigenvalue weighted by Gasteiger charge is 2.16. The quantitative estimate of drug-likeness (QED) is 0.337. The van der Waals surface area contributed by atoms with Crippen molar-refractivity contribution < 1.29 is 28.7 Å². The molecule has 0 aliphatic heterocycles. The van der Waals surface area contributed by atoms with Crippen LogP contribution in [0.15, 0.2) is 36.4 Å². The van der Waals surface area contributed by atoms with Crippen LogP contribution in [0.3, 0.4) is 0 Å². The van der Waals surface area contributed by atoms with E-state index < -0.39 is 22.4 Å². The normalized spacial score (nSPS) is 10.3. The molecule has 0 N–H and O–H groups in total. The van der Waals surface area contributed by atoms with Gasteiger partial charge in [-0.05, 0) is 67.7 Å². The van der Waals surface area contributed by atoms with Gasteiger partial charge in [0.25, 0.3) is 10.5 Å². The molecule has 0 spiro atoms. The van der Waals surface area contributed by atoms with E-state index in [9.17, 15) is 19.2 Å². The Morgan fingerprint density at radius 2 is 1.10 bits per heavy atom. The average molecular weight is 437 g/mol. The fourth-order valence-electron chi connectivity index (χ4n) is 2.50. The van der Waals surface area contributed by atoms with E-state index in [4.69, 9.17) is 32.7 Å². The molecule has 0 atom stereocenters. The zero-order chi connectivity index (χ0) is 21.6. The van der Waals surface area contributed by atoms with Gasteiger partial charge < -0.3 is 9.47 Å². The van der Waals surface area contributed by atoms with Crippen molar-refractivity contribution in [2.75, 3.05) is 0 Å². The molecule has 0 radical (unpaired) electrons. The molecule has 152 valence electrons. The number of aryl methyl sites for hydroxylation is 2. The molecule has 0 unspecified atom stereocenters. The molecule has 2 rings (SSSR count). The maximum absolute atomic E-state index is 12.0. The van der Waals surface area contributed by atoms with Gasteiger partial charge in [0.2, 0.25) is 0 Å². The minimum atomic E-state index is -0.734. The number of halogens is 2. The monoisotopic (exact) mass is 436 g/mol. The van der Waals surface area contributed by atoms with E-state index in [1.165, 1.54) is 24.3 Å². The van der Waals surface area contributed by atoms with Crippen LogP contribution in [-0.2, 0) is 9.59 Å². The van der Waals surface area contributed by atoms with Gasteiger partial charge in [-0.25, -0.2) is 0 Å². The Bertz CT molecular complexity index is 890. The maximum atomic E-state index is 12.0. The maximum Gasteiger partial charge on any atom is 0.311 e. The number of rotatable bonds is 8. The summed E-state index contributed by atoms with van der Waals surface area (Å²) in [5.74, 6) is -1.11. The highest BCUT2D eigenvalue weighted by atomic mass is 35.5. The Morgan fingerprint density at radius 1 is 0.724 bits per heavy atom. The number of benzene rings is 2. The summed E-state index contributed by atoms with van der Waals surface area (Å²) in [6.45, 7) is 3.55. The first-order chi connectivity index (χ1) is 13.7. The molecule has 0 aromatic heterocycles. The second-order valence-corrected chi connectivity index (χ2v) is 7.03. The summed E-state index contributed by atoms with van der Waals surface area (Å²) in [6.07, 6.45) is 0.00582. The molecule has 0 amide bonds. The molecule has 0 saturated carbocycles. The van der Waals surface area contributed by atoms with E-state index in [1.54, 1.807) is 26.0 Å². The predicted octanol–water partition coefficient (Wildman–Crippen LogP) is 4.74. The number of hydrogen-bond donors (Lipinski definition) is 0. The smallest absolute Gasteiger partial charge is 0.311 e. The van der Waals surface area contributed by atoms with Crippen LogP contribution in [0.25, 0.3) is 0 Å². The van der Waals surface area contributed by atoms with Gasteiger partial charge in [0, 0.05) is 12.8 Å². The van der Waals surface area contributed by atoms with E-state index in [0.717, 1.165) is 11.1 Å². The minimum Gasteiger partial charge on any atom is -0.426 e. The van der Waals surface area contributed by atoms with Gasteiger partial charge in [-0.2, -0.15) is 0 Å². The van der Waals surface area contributed by atoms with Gasteiger partial charge in [-0.15, -0.1) is 0 Å². The van der Waals surface area contributed by atoms with Crippen LogP contribution < -0.4 is 9.47 Å². The molecule has 2 aromatic rings. The van der Waals surface area contributed by atoms with Crippen LogP contribution in [-0.4, -0.2) is 22.4 Å². The number of carbonyl (C=O) groups excluding carboxylic acids is 4. The first-order valence-electron chi connectivity index (χ1n) is 8.69. The van der Waals surface area contributed by atoms with Crippen molar-refractivity contribution in [2.24, 2.45) is 0 Å². The number of hydrogen-bond acceptors (Lipinski definition) is 6. The summed E-state index contributed by atoms with van der Waals surface area (Å²) in [4.78, 5) is 46.9. The molecular weight excluding hydrogens is 419 g/mol. The van der Waals surface area contributed by atoms with Gasteiger partial charge in [0.1, 0.15) is 11.5 Å². The number of esters is 2. The minimum absolute atomic E-state index is 0.0631. The Balaban J connectivity index is 1.89. The second-order valence-electron chi connectivity index (χ2n) is 6.35. The molecule has 0 fully saturated rings. The van der Waals surface area contributed by atoms with E-state index in [-0.39, 0.29) is 41.9 Å². The van der Waals surface area contributed by atoms with Crippen molar-refractivity contribution in [3.63, 3.8) is 0 Å². The van der Waals surface area contributed by atoms with E-state index in [2.05, 4.69) is 0 Å². The zero-order valence-electron chi connectivity index (χ0n) is 15.8. The van der Waals surface area contributed by atoms with Crippen molar-refractivity contribution >= 4 is 45.6 Å². The summed E-state index contributed by atoms with van der Waals surface area (Å²) in [5, 5.41) is -1.47. The molecule has 6 nitrogen and oxygen atoms in total. The molecule has 0 aliphatic rings. The molecule has 2 aromatic carbocycles. The standard InChI is InChI=1S/C21H18Cl2O6/c1-12-6-8-16(14(10-12)20(22)26)28-18(24)4-3-5-19(25)29-17-9-7-13(2)11-15(17)21(23)27/h6-11H,3-5H2,1-2H3. The Kier molecular flexibility index (Phi) is 7.93. The van der Waals surface area contributed by atoms with Crippen molar-refractivity contribution in [3.05, 3.63) is 58.7 Å². The molecular formula is C21H18Cl2O6. The van der Waals surface area contributed by atoms with Gasteiger partial charge in [-0.1, -0.05) is 23.3 Å². The number of ether oxygens (including phenoxy) is 2. The summed E-state index contributed by atoms with van der Waals surface area (Å²) in [5.41, 5.74) is 1.78. The summed E-state index contributed by atoms with van der Waals surface area (Å²) >= 11 is 11.0. The van der Waals surface area contributed by atoms with Crippen LogP contribution in [0.5, 0.6) is 11.5 Å². The Morgan fingerprint density at radius 3 is 1.45 bits per heavy atom. The van der Waals surface area contributed by atoms with Crippen LogP contribution in [0.4, 0.5) is 0 Å². The van der Waals surface area contributed by atoms with Gasteiger partial charge in [0.05, 0.1) is 11.1 Å². The van der Waals surface area contributed by atoms with Crippen molar-refractivity contribution in [1.82, 2.24) is 0 Å². The first-order valence-corrected chi connectivity index (χ1v) is 9.45. The molecule has 0 heterocycles. The topological polar surface area (TPSA) is 86.7 Å². The molecule has 0 saturated heterocycles. The fraction of sp³-hybridized carbons (Fsp3) is 0.238. The molecule has 0 bridgehead atoms. The van der Waals surface area contributed by atoms with Crippen LogP contribution in [0, 0.1) is 13.8 Å². The molecule has 0 aliphatic carbocycles. The lowest BCUT2D eigenvalue weighted by Crippen LogP contribution is -2.13. The van der Waals surface area contributed by atoms with Gasteiger partial charge in [-0.3, -0.25) is 19.2 Å². The van der Waals surface area contributed by atoms with Crippen molar-refractivity contribution in [3.8, 4) is 11.5 Å². The zero-order valence-corrected chi connectivity index (χ0v) is 17.3. The average Bonchev–Trinajstić information content (AvgIpc) is 2.64. The largest absolute Gasteiger partial charge is 0.426 e. The summed E-state index contributed by atoms with van der Waals surface area (Å²) in [6, 6.07) is 9.37. The molecule has 29 heavy (non-hydrogen) atoms. The Hall–Kier alpha value is -2.70. The van der Waals surface area contributed by atoms with E-state index >= 15 is 0 Å². The lowest BCUT2D eigenvalue weighted by molar-refractivity contribution is -0.136. The third kappa shape index (κ3) is 6.69. The fourth-order valence-corrected chi connectivity index (χ4v) is 2.79. The molecule has 8 heteroatoms. The van der Waals surface area contributed by atoms with Crippen LogP contribution >= 0.6 is 23.2 Å². The van der Waals surface area contributed by atoms with Gasteiger partial charge >= 0.3 is 11.9 Å². The predicted molar refractivity (Wildman–Crippen MR) is 108 cm³/mol. The lowest BCUT2D eigenvalue weighted by Gasteiger charge is -2.09. The first kappa shape index (κ1) is 22.6.